The molecule has 0 fully saturated rings. The van der Waals surface area contributed by atoms with E-state index in [1.54, 1.807) is 76.2 Å². The first-order valence-corrected chi connectivity index (χ1v) is 13.9. The Morgan fingerprint density at radius 3 is 2.09 bits per heavy atom. The van der Waals surface area contributed by atoms with Crippen molar-refractivity contribution in [3.8, 4) is 5.75 Å². The highest BCUT2D eigenvalue weighted by Crippen LogP contribution is 2.24. The van der Waals surface area contributed by atoms with Crippen molar-refractivity contribution in [1.82, 2.24) is 5.32 Å². The zero-order chi connectivity index (χ0) is 31.7. The molecule has 43 heavy (non-hydrogen) atoms. The van der Waals surface area contributed by atoms with E-state index >= 15 is 0 Å². The van der Waals surface area contributed by atoms with Crippen LogP contribution in [0.25, 0.3) is 0 Å². The van der Waals surface area contributed by atoms with Crippen molar-refractivity contribution in [1.29, 1.82) is 0 Å². The number of amides is 4. The lowest BCUT2D eigenvalue weighted by Crippen LogP contribution is -2.46. The molecule has 4 amide bonds. The Morgan fingerprint density at radius 1 is 0.767 bits per heavy atom. The SMILES string of the molecule is Cc1cccc(N(C)C(=O)COc2cccc(N(CC(=O)N(C)c3ccccc3)C(=O)CNC(=O)OC(C)(C)C)c2)c1C. The number of para-hydroxylation sites is 1. The number of aryl methyl sites for hydroxylation is 1. The summed E-state index contributed by atoms with van der Waals surface area (Å²) in [6.45, 7) is 8.14. The van der Waals surface area contributed by atoms with Crippen LogP contribution in [0.15, 0.2) is 72.8 Å². The third-order valence-corrected chi connectivity index (χ3v) is 6.70. The quantitative estimate of drug-likeness (QED) is 0.362. The smallest absolute Gasteiger partial charge is 0.408 e. The van der Waals surface area contributed by atoms with Gasteiger partial charge in [-0.25, -0.2) is 4.79 Å². The Labute approximate surface area is 253 Å². The number of carbonyl (C=O) groups excluding carboxylic acids is 4. The fourth-order valence-corrected chi connectivity index (χ4v) is 4.13. The van der Waals surface area contributed by atoms with Gasteiger partial charge in [0.25, 0.3) is 5.91 Å². The van der Waals surface area contributed by atoms with Crippen LogP contribution in [0.2, 0.25) is 0 Å². The molecule has 0 bridgehead atoms. The summed E-state index contributed by atoms with van der Waals surface area (Å²) in [7, 11) is 3.31. The lowest BCUT2D eigenvalue weighted by molar-refractivity contribution is -0.122. The number of anilines is 3. The van der Waals surface area contributed by atoms with E-state index in [1.165, 1.54) is 9.80 Å². The van der Waals surface area contributed by atoms with Crippen LogP contribution < -0.4 is 24.8 Å². The van der Waals surface area contributed by atoms with Gasteiger partial charge in [-0.1, -0.05) is 36.4 Å². The highest BCUT2D eigenvalue weighted by Gasteiger charge is 2.24. The molecule has 228 valence electrons. The maximum absolute atomic E-state index is 13.4. The number of nitrogens with zero attached hydrogens (tertiary/aromatic N) is 3. The molecule has 0 heterocycles. The summed E-state index contributed by atoms with van der Waals surface area (Å²) in [6, 6.07) is 21.3. The van der Waals surface area contributed by atoms with Crippen LogP contribution >= 0.6 is 0 Å². The summed E-state index contributed by atoms with van der Waals surface area (Å²) in [5.41, 5.74) is 3.14. The molecule has 3 rings (SSSR count). The van der Waals surface area contributed by atoms with Gasteiger partial charge in [-0.2, -0.15) is 0 Å². The predicted molar refractivity (Wildman–Crippen MR) is 168 cm³/mol. The van der Waals surface area contributed by atoms with Crippen molar-refractivity contribution in [2.24, 2.45) is 0 Å². The van der Waals surface area contributed by atoms with Gasteiger partial charge < -0.3 is 29.5 Å². The molecule has 0 radical (unpaired) electrons. The first-order chi connectivity index (χ1) is 20.3. The molecule has 0 atom stereocenters. The van der Waals surface area contributed by atoms with E-state index in [-0.39, 0.29) is 25.0 Å². The topological polar surface area (TPSA) is 108 Å². The molecular formula is C33H40N4O6. The Balaban J connectivity index is 1.78. The fraction of sp³-hybridized carbons (Fsp3) is 0.333. The van der Waals surface area contributed by atoms with Gasteiger partial charge in [-0.05, 0) is 76.1 Å². The Hall–Kier alpha value is -4.86. The van der Waals surface area contributed by atoms with Gasteiger partial charge in [-0.15, -0.1) is 0 Å². The van der Waals surface area contributed by atoms with Crippen molar-refractivity contribution in [3.63, 3.8) is 0 Å². The molecule has 10 nitrogen and oxygen atoms in total. The number of hydrogen-bond donors (Lipinski definition) is 1. The number of hydrogen-bond acceptors (Lipinski definition) is 6. The monoisotopic (exact) mass is 588 g/mol. The van der Waals surface area contributed by atoms with Crippen LogP contribution in [0.3, 0.4) is 0 Å². The van der Waals surface area contributed by atoms with Crippen LogP contribution in [0.4, 0.5) is 21.9 Å². The second-order valence-electron chi connectivity index (χ2n) is 11.1. The van der Waals surface area contributed by atoms with Crippen LogP contribution in [0, 0.1) is 13.8 Å². The van der Waals surface area contributed by atoms with Gasteiger partial charge in [0.15, 0.2) is 6.61 Å². The molecule has 0 aromatic heterocycles. The van der Waals surface area contributed by atoms with Crippen molar-refractivity contribution < 1.29 is 28.7 Å². The Bertz CT molecular complexity index is 1450. The molecule has 0 saturated heterocycles. The number of nitrogens with one attached hydrogen (secondary N) is 1. The maximum atomic E-state index is 13.4. The van der Waals surface area contributed by atoms with Gasteiger partial charge in [0.05, 0.1) is 0 Å². The number of likely N-dealkylation sites (N-methyl/N-ethyl adjacent to an activating group) is 2. The average Bonchev–Trinajstić information content (AvgIpc) is 2.97. The zero-order valence-corrected chi connectivity index (χ0v) is 25.8. The second kappa shape index (κ2) is 14.4. The van der Waals surface area contributed by atoms with E-state index < -0.39 is 24.1 Å². The zero-order valence-electron chi connectivity index (χ0n) is 25.8. The Kier molecular flexibility index (Phi) is 10.9. The highest BCUT2D eigenvalue weighted by molar-refractivity contribution is 6.04. The molecule has 3 aromatic carbocycles. The summed E-state index contributed by atoms with van der Waals surface area (Å²) in [5, 5.41) is 2.46. The normalized spacial score (nSPS) is 10.9. The second-order valence-corrected chi connectivity index (χ2v) is 11.1. The number of ether oxygens (including phenoxy) is 2. The highest BCUT2D eigenvalue weighted by atomic mass is 16.6. The predicted octanol–water partition coefficient (Wildman–Crippen LogP) is 4.87. The third kappa shape index (κ3) is 9.32. The molecule has 0 aliphatic rings. The largest absolute Gasteiger partial charge is 0.484 e. The number of benzene rings is 3. The molecule has 0 aliphatic carbocycles. The van der Waals surface area contributed by atoms with Crippen LogP contribution in [-0.2, 0) is 19.1 Å². The summed E-state index contributed by atoms with van der Waals surface area (Å²) in [6.07, 6.45) is -0.753. The number of rotatable bonds is 10. The molecule has 1 N–H and O–H groups in total. The van der Waals surface area contributed by atoms with Crippen molar-refractivity contribution in [3.05, 3.63) is 83.9 Å². The van der Waals surface area contributed by atoms with E-state index in [4.69, 9.17) is 9.47 Å². The molecule has 3 aromatic rings. The van der Waals surface area contributed by atoms with Crippen molar-refractivity contribution >= 4 is 40.9 Å². The third-order valence-electron chi connectivity index (χ3n) is 6.70. The van der Waals surface area contributed by atoms with Gasteiger partial charge in [0, 0.05) is 37.2 Å². The van der Waals surface area contributed by atoms with E-state index in [0.717, 1.165) is 16.8 Å². The van der Waals surface area contributed by atoms with E-state index in [1.807, 2.05) is 50.2 Å². The fourth-order valence-electron chi connectivity index (χ4n) is 4.13. The molecule has 0 aliphatic heterocycles. The van der Waals surface area contributed by atoms with Crippen molar-refractivity contribution in [2.75, 3.05) is 48.5 Å². The average molecular weight is 589 g/mol. The van der Waals surface area contributed by atoms with Gasteiger partial charge >= 0.3 is 6.09 Å². The number of alkyl carbamates (subject to hydrolysis) is 1. The lowest BCUT2D eigenvalue weighted by atomic mass is 10.1. The minimum Gasteiger partial charge on any atom is -0.484 e. The first kappa shape index (κ1) is 32.7. The summed E-state index contributed by atoms with van der Waals surface area (Å²) >= 11 is 0. The molecular weight excluding hydrogens is 548 g/mol. The van der Waals surface area contributed by atoms with Crippen LogP contribution in [-0.4, -0.2) is 63.2 Å². The number of carbonyl (C=O) groups is 4. The summed E-state index contributed by atoms with van der Waals surface area (Å²) in [5.74, 6) is -0.813. The van der Waals surface area contributed by atoms with E-state index in [9.17, 15) is 19.2 Å². The van der Waals surface area contributed by atoms with Crippen LogP contribution in [0.5, 0.6) is 5.75 Å². The molecule has 0 unspecified atom stereocenters. The van der Waals surface area contributed by atoms with Gasteiger partial charge in [0.2, 0.25) is 11.8 Å². The maximum Gasteiger partial charge on any atom is 0.408 e. The molecule has 0 spiro atoms. The summed E-state index contributed by atoms with van der Waals surface area (Å²) in [4.78, 5) is 56.0. The summed E-state index contributed by atoms with van der Waals surface area (Å²) < 4.78 is 11.0. The minimum absolute atomic E-state index is 0.239. The standard InChI is InChI=1S/C33H40N4O6/c1-23-13-11-18-28(24(23)2)36(7)31(40)22-42-27-17-12-16-26(19-27)37(29(38)20-34-32(41)43-33(3,4)5)21-30(39)35(6)25-14-9-8-10-15-25/h8-19H,20-22H2,1-7H3,(H,34,41). The van der Waals surface area contributed by atoms with Gasteiger partial charge in [0.1, 0.15) is 24.4 Å². The lowest BCUT2D eigenvalue weighted by Gasteiger charge is -2.26. The van der Waals surface area contributed by atoms with Gasteiger partial charge in [-0.3, -0.25) is 14.4 Å². The molecule has 0 saturated carbocycles. The van der Waals surface area contributed by atoms with E-state index in [0.29, 0.717) is 17.1 Å². The van der Waals surface area contributed by atoms with Crippen LogP contribution in [0.1, 0.15) is 31.9 Å². The van der Waals surface area contributed by atoms with E-state index in [2.05, 4.69) is 5.32 Å². The first-order valence-electron chi connectivity index (χ1n) is 13.9. The van der Waals surface area contributed by atoms with Crippen molar-refractivity contribution in [2.45, 2.75) is 40.2 Å². The molecule has 10 heteroatoms. The minimum atomic E-state index is -0.753. The Morgan fingerprint density at radius 2 is 1.42 bits per heavy atom.